The van der Waals surface area contributed by atoms with Crippen molar-refractivity contribution in [3.63, 3.8) is 0 Å². The van der Waals surface area contributed by atoms with Crippen molar-refractivity contribution in [3.05, 3.63) is 37.3 Å². The first kappa shape index (κ1) is 14.2. The summed E-state index contributed by atoms with van der Waals surface area (Å²) in [6.45, 7) is 4.65. The predicted octanol–water partition coefficient (Wildman–Crippen LogP) is 1.09. The van der Waals surface area contributed by atoms with E-state index in [0.717, 1.165) is 5.65 Å². The Balaban J connectivity index is 1.60. The van der Waals surface area contributed by atoms with Crippen LogP contribution in [0.3, 0.4) is 0 Å². The van der Waals surface area contributed by atoms with Gasteiger partial charge in [0.15, 0.2) is 5.65 Å². The number of rotatable bonds is 3. The van der Waals surface area contributed by atoms with Crippen LogP contribution in [0.2, 0.25) is 0 Å². The summed E-state index contributed by atoms with van der Waals surface area (Å²) in [6.07, 6.45) is 7.62. The topological polar surface area (TPSA) is 79.6 Å². The van der Waals surface area contributed by atoms with Crippen molar-refractivity contribution in [1.82, 2.24) is 19.5 Å². The van der Waals surface area contributed by atoms with E-state index in [0.29, 0.717) is 31.6 Å². The molecule has 0 atom stereocenters. The number of piperidine rings is 1. The fourth-order valence-corrected chi connectivity index (χ4v) is 2.61. The van der Waals surface area contributed by atoms with Crippen molar-refractivity contribution >= 4 is 23.1 Å². The van der Waals surface area contributed by atoms with E-state index in [2.05, 4.69) is 22.0 Å². The Bertz CT molecular complexity index is 716. The van der Waals surface area contributed by atoms with Crippen molar-refractivity contribution in [3.8, 4) is 0 Å². The summed E-state index contributed by atoms with van der Waals surface area (Å²) in [7, 11) is 0. The molecular weight excluding hydrogens is 282 g/mol. The highest BCUT2D eigenvalue weighted by atomic mass is 16.2. The lowest BCUT2D eigenvalue weighted by Gasteiger charge is -2.30. The molecule has 7 heteroatoms. The van der Waals surface area contributed by atoms with Gasteiger partial charge in [0, 0.05) is 25.1 Å². The Morgan fingerprint density at radius 2 is 2.14 bits per heavy atom. The summed E-state index contributed by atoms with van der Waals surface area (Å²) in [6, 6.07) is 1.79. The third-order valence-electron chi connectivity index (χ3n) is 3.87. The molecule has 0 aromatic carbocycles. The van der Waals surface area contributed by atoms with Gasteiger partial charge in [-0.2, -0.15) is 5.10 Å². The van der Waals surface area contributed by atoms with Crippen LogP contribution in [0.25, 0.3) is 5.65 Å². The number of hydrogen-bond acceptors (Lipinski definition) is 4. The average molecular weight is 299 g/mol. The van der Waals surface area contributed by atoms with E-state index >= 15 is 0 Å². The van der Waals surface area contributed by atoms with Gasteiger partial charge in [0.05, 0.1) is 24.3 Å². The lowest BCUT2D eigenvalue weighted by atomic mass is 9.96. The Hall–Kier alpha value is -2.70. The first-order chi connectivity index (χ1) is 10.7. The zero-order valence-electron chi connectivity index (χ0n) is 12.1. The number of aromatic nitrogens is 3. The van der Waals surface area contributed by atoms with E-state index in [9.17, 15) is 9.59 Å². The van der Waals surface area contributed by atoms with Gasteiger partial charge in [-0.25, -0.2) is 9.50 Å². The molecule has 1 N–H and O–H groups in total. The van der Waals surface area contributed by atoms with Crippen molar-refractivity contribution in [2.75, 3.05) is 18.4 Å². The number of nitrogens with one attached hydrogen (secondary N) is 1. The van der Waals surface area contributed by atoms with Gasteiger partial charge in [-0.1, -0.05) is 6.58 Å². The fourth-order valence-electron chi connectivity index (χ4n) is 2.61. The normalized spacial score (nSPS) is 15.7. The highest BCUT2D eigenvalue weighted by Crippen LogP contribution is 2.19. The Morgan fingerprint density at radius 1 is 1.36 bits per heavy atom. The number of amides is 2. The van der Waals surface area contributed by atoms with E-state index in [1.165, 1.54) is 6.08 Å². The monoisotopic (exact) mass is 299 g/mol. The van der Waals surface area contributed by atoms with Crippen LogP contribution in [0, 0.1) is 5.92 Å². The van der Waals surface area contributed by atoms with Gasteiger partial charge in [0.25, 0.3) is 0 Å². The molecular formula is C15H17N5O2. The van der Waals surface area contributed by atoms with E-state index in [4.69, 9.17) is 0 Å². The van der Waals surface area contributed by atoms with E-state index in [1.807, 2.05) is 0 Å². The molecule has 0 unspecified atom stereocenters. The Morgan fingerprint density at radius 3 is 2.86 bits per heavy atom. The molecule has 2 aromatic rings. The molecule has 1 aliphatic rings. The average Bonchev–Trinajstić information content (AvgIpc) is 3.02. The molecule has 2 aromatic heterocycles. The minimum atomic E-state index is -0.0952. The number of hydrogen-bond donors (Lipinski definition) is 1. The van der Waals surface area contributed by atoms with Gasteiger partial charge in [-0.15, -0.1) is 0 Å². The standard InChI is InChI=1S/C15H17N5O2/c1-2-14(21)19-7-4-11(5-8-19)15(22)18-12-9-16-13-3-6-17-20(13)10-12/h2-3,6,9-11H,1,4-5,7-8H2,(H,18,22). The molecule has 0 aliphatic carbocycles. The van der Waals surface area contributed by atoms with E-state index in [1.54, 1.807) is 34.1 Å². The highest BCUT2D eigenvalue weighted by Gasteiger charge is 2.26. The zero-order chi connectivity index (χ0) is 15.5. The molecule has 0 saturated carbocycles. The summed E-state index contributed by atoms with van der Waals surface area (Å²) in [4.78, 5) is 29.7. The Kier molecular flexibility index (Phi) is 3.86. The molecule has 114 valence electrons. The van der Waals surface area contributed by atoms with Crippen LogP contribution in [0.1, 0.15) is 12.8 Å². The van der Waals surface area contributed by atoms with E-state index in [-0.39, 0.29) is 17.7 Å². The lowest BCUT2D eigenvalue weighted by Crippen LogP contribution is -2.40. The second-order valence-electron chi connectivity index (χ2n) is 5.27. The van der Waals surface area contributed by atoms with Crippen LogP contribution in [-0.4, -0.2) is 44.4 Å². The quantitative estimate of drug-likeness (QED) is 0.861. The van der Waals surface area contributed by atoms with E-state index < -0.39 is 0 Å². The van der Waals surface area contributed by atoms with Crippen molar-refractivity contribution in [2.45, 2.75) is 12.8 Å². The van der Waals surface area contributed by atoms with Gasteiger partial charge >= 0.3 is 0 Å². The summed E-state index contributed by atoms with van der Waals surface area (Å²) < 4.78 is 1.61. The maximum Gasteiger partial charge on any atom is 0.245 e. The molecule has 0 radical (unpaired) electrons. The van der Waals surface area contributed by atoms with Crippen molar-refractivity contribution in [2.24, 2.45) is 5.92 Å². The summed E-state index contributed by atoms with van der Waals surface area (Å²) in [5.41, 5.74) is 1.35. The number of carbonyl (C=O) groups excluding carboxylic acids is 2. The van der Waals surface area contributed by atoms with Crippen LogP contribution in [0.15, 0.2) is 37.3 Å². The number of likely N-dealkylation sites (tertiary alicyclic amines) is 1. The van der Waals surface area contributed by atoms with Crippen molar-refractivity contribution < 1.29 is 9.59 Å². The third-order valence-corrected chi connectivity index (χ3v) is 3.87. The summed E-state index contributed by atoms with van der Waals surface area (Å²) >= 11 is 0. The molecule has 22 heavy (non-hydrogen) atoms. The second-order valence-corrected chi connectivity index (χ2v) is 5.27. The molecule has 1 fully saturated rings. The molecule has 1 aliphatic heterocycles. The van der Waals surface area contributed by atoms with Crippen LogP contribution in [-0.2, 0) is 9.59 Å². The predicted molar refractivity (Wildman–Crippen MR) is 81.1 cm³/mol. The number of carbonyl (C=O) groups is 2. The number of fused-ring (bicyclic) bond motifs is 1. The minimum Gasteiger partial charge on any atom is -0.339 e. The Labute approximate surface area is 127 Å². The number of nitrogens with zero attached hydrogens (tertiary/aromatic N) is 4. The number of anilines is 1. The summed E-state index contributed by atoms with van der Waals surface area (Å²) in [5, 5.41) is 6.95. The van der Waals surface area contributed by atoms with Crippen LogP contribution in [0.5, 0.6) is 0 Å². The smallest absolute Gasteiger partial charge is 0.245 e. The molecule has 1 saturated heterocycles. The van der Waals surface area contributed by atoms with Gasteiger partial charge in [0.2, 0.25) is 11.8 Å². The molecule has 7 nitrogen and oxygen atoms in total. The van der Waals surface area contributed by atoms with Crippen LogP contribution >= 0.6 is 0 Å². The largest absolute Gasteiger partial charge is 0.339 e. The van der Waals surface area contributed by atoms with Gasteiger partial charge < -0.3 is 10.2 Å². The van der Waals surface area contributed by atoms with Crippen molar-refractivity contribution in [1.29, 1.82) is 0 Å². The molecule has 0 bridgehead atoms. The molecule has 3 heterocycles. The van der Waals surface area contributed by atoms with Crippen LogP contribution < -0.4 is 5.32 Å². The van der Waals surface area contributed by atoms with Crippen LogP contribution in [0.4, 0.5) is 5.69 Å². The SMILES string of the molecule is C=CC(=O)N1CCC(C(=O)Nc2cnc3ccnn3c2)CC1. The third kappa shape index (κ3) is 2.83. The maximum atomic E-state index is 12.3. The fraction of sp³-hybridized carbons (Fsp3) is 0.333. The molecule has 0 spiro atoms. The summed E-state index contributed by atoms with van der Waals surface area (Å²) in [5.74, 6) is -0.214. The minimum absolute atomic E-state index is 0.0426. The molecule has 2 amide bonds. The second kappa shape index (κ2) is 5.97. The molecule has 3 rings (SSSR count). The van der Waals surface area contributed by atoms with Gasteiger partial charge in [-0.05, 0) is 18.9 Å². The highest BCUT2D eigenvalue weighted by molar-refractivity contribution is 5.93. The lowest BCUT2D eigenvalue weighted by molar-refractivity contribution is -0.130. The first-order valence-electron chi connectivity index (χ1n) is 7.19. The maximum absolute atomic E-state index is 12.3. The zero-order valence-corrected chi connectivity index (χ0v) is 12.1. The van der Waals surface area contributed by atoms with Gasteiger partial charge in [-0.3, -0.25) is 9.59 Å². The first-order valence-corrected chi connectivity index (χ1v) is 7.19. The van der Waals surface area contributed by atoms with Gasteiger partial charge in [0.1, 0.15) is 0 Å².